The molecule has 0 fully saturated rings. The van der Waals surface area contributed by atoms with Crippen LogP contribution in [0.2, 0.25) is 0 Å². The van der Waals surface area contributed by atoms with E-state index in [9.17, 15) is 0 Å². The second-order valence-electron chi connectivity index (χ2n) is 1.16. The Kier molecular flexibility index (Phi) is 13.2. The van der Waals surface area contributed by atoms with Crippen LogP contribution in [0.5, 0.6) is 0 Å². The van der Waals surface area contributed by atoms with E-state index in [0.29, 0.717) is 0 Å². The number of carbonyl (C=O) groups excluding carboxylic acids is 2. The Labute approximate surface area is 71.4 Å². The minimum absolute atomic E-state index is 0. The Balaban J connectivity index is 0. The van der Waals surface area contributed by atoms with Crippen LogP contribution >= 0.6 is 0 Å². The SMILES string of the molecule is O=C=O.[Li+].[c-]1ccccc1. The quantitative estimate of drug-likeness (QED) is 0.296. The first-order valence-electron chi connectivity index (χ1n) is 2.32. The van der Waals surface area contributed by atoms with Crippen LogP contribution in [0.1, 0.15) is 0 Å². The molecule has 0 saturated carbocycles. The fourth-order valence-corrected chi connectivity index (χ4v) is 0.342. The molecule has 0 amide bonds. The first-order chi connectivity index (χ1) is 4.41. The molecule has 1 rings (SSSR count). The van der Waals surface area contributed by atoms with E-state index in [2.05, 4.69) is 6.07 Å². The van der Waals surface area contributed by atoms with Crippen LogP contribution in [0, 0.1) is 6.07 Å². The van der Waals surface area contributed by atoms with Crippen LogP contribution in [0.3, 0.4) is 0 Å². The van der Waals surface area contributed by atoms with Gasteiger partial charge in [0.1, 0.15) is 0 Å². The van der Waals surface area contributed by atoms with E-state index >= 15 is 0 Å². The molecule has 46 valence electrons. The van der Waals surface area contributed by atoms with Gasteiger partial charge < -0.3 is 0 Å². The standard InChI is InChI=1S/C6H5.CO2.Li/c1-2-4-6-5-3-1;2-1-3;/h1-5H;;/q-1;;+1. The summed E-state index contributed by atoms with van der Waals surface area (Å²) in [7, 11) is 0. The Morgan fingerprint density at radius 3 is 1.50 bits per heavy atom. The Morgan fingerprint density at radius 1 is 1.00 bits per heavy atom. The molecule has 2 nitrogen and oxygen atoms in total. The second kappa shape index (κ2) is 11.1. The molecule has 0 aliphatic carbocycles. The van der Waals surface area contributed by atoms with Crippen molar-refractivity contribution in [3.8, 4) is 0 Å². The minimum Gasteiger partial charge on any atom is -0.186 e. The van der Waals surface area contributed by atoms with E-state index in [1.54, 1.807) is 0 Å². The van der Waals surface area contributed by atoms with Crippen molar-refractivity contribution in [2.45, 2.75) is 0 Å². The van der Waals surface area contributed by atoms with Crippen molar-refractivity contribution in [2.24, 2.45) is 0 Å². The van der Waals surface area contributed by atoms with Crippen LogP contribution in [0.25, 0.3) is 0 Å². The maximum absolute atomic E-state index is 8.12. The van der Waals surface area contributed by atoms with Crippen LogP contribution in [-0.2, 0) is 9.59 Å². The molecule has 0 aromatic heterocycles. The summed E-state index contributed by atoms with van der Waals surface area (Å²) >= 11 is 0. The minimum atomic E-state index is 0. The molecule has 0 radical (unpaired) electrons. The maximum atomic E-state index is 8.12. The topological polar surface area (TPSA) is 34.1 Å². The number of benzene rings is 1. The Morgan fingerprint density at radius 2 is 1.40 bits per heavy atom. The zero-order valence-corrected chi connectivity index (χ0v) is 5.70. The molecular weight excluding hydrogens is 123 g/mol. The van der Waals surface area contributed by atoms with Gasteiger partial charge in [-0.15, -0.1) is 0 Å². The molecule has 1 aromatic rings. The molecule has 0 N–H and O–H groups in total. The van der Waals surface area contributed by atoms with E-state index in [1.807, 2.05) is 30.3 Å². The van der Waals surface area contributed by atoms with Crippen molar-refractivity contribution in [3.05, 3.63) is 36.4 Å². The van der Waals surface area contributed by atoms with E-state index in [-0.39, 0.29) is 25.0 Å². The summed E-state index contributed by atoms with van der Waals surface area (Å²) in [5.74, 6) is 0. The molecule has 0 aliphatic heterocycles. The molecular formula is C7H5LiO2. The fourth-order valence-electron chi connectivity index (χ4n) is 0.342. The number of hydrogen-bond donors (Lipinski definition) is 0. The van der Waals surface area contributed by atoms with Gasteiger partial charge in [0, 0.05) is 0 Å². The zero-order chi connectivity index (χ0) is 6.95. The maximum Gasteiger partial charge on any atom is 1.00 e. The monoisotopic (exact) mass is 128 g/mol. The van der Waals surface area contributed by atoms with Gasteiger partial charge in [0.05, 0.1) is 0 Å². The smallest absolute Gasteiger partial charge is 0.186 e. The van der Waals surface area contributed by atoms with E-state index in [4.69, 9.17) is 9.59 Å². The molecule has 1 aromatic carbocycles. The zero-order valence-electron chi connectivity index (χ0n) is 5.70. The molecule has 0 saturated heterocycles. The van der Waals surface area contributed by atoms with Crippen LogP contribution in [-0.4, -0.2) is 6.15 Å². The Hall–Kier alpha value is -0.803. The largest absolute Gasteiger partial charge is 1.00 e. The summed E-state index contributed by atoms with van der Waals surface area (Å²) in [4.78, 5) is 16.2. The van der Waals surface area contributed by atoms with Gasteiger partial charge >= 0.3 is 25.0 Å². The Bertz CT molecular complexity index is 142. The third-order valence-electron chi connectivity index (χ3n) is 0.607. The van der Waals surface area contributed by atoms with E-state index < -0.39 is 0 Å². The van der Waals surface area contributed by atoms with Crippen molar-refractivity contribution in [3.63, 3.8) is 0 Å². The third-order valence-corrected chi connectivity index (χ3v) is 0.607. The van der Waals surface area contributed by atoms with Gasteiger partial charge in [-0.05, 0) is 0 Å². The van der Waals surface area contributed by atoms with Crippen molar-refractivity contribution >= 4 is 6.15 Å². The first-order valence-corrected chi connectivity index (χ1v) is 2.32. The van der Waals surface area contributed by atoms with Crippen LogP contribution in [0.4, 0.5) is 0 Å². The predicted molar refractivity (Wildman–Crippen MR) is 30.3 cm³/mol. The van der Waals surface area contributed by atoms with Crippen molar-refractivity contribution in [1.29, 1.82) is 0 Å². The predicted octanol–water partition coefficient (Wildman–Crippen LogP) is -2.09. The summed E-state index contributed by atoms with van der Waals surface area (Å²) in [5, 5.41) is 0. The van der Waals surface area contributed by atoms with E-state index in [1.165, 1.54) is 0 Å². The van der Waals surface area contributed by atoms with Crippen LogP contribution in [0.15, 0.2) is 30.3 Å². The molecule has 0 atom stereocenters. The average molecular weight is 128 g/mol. The van der Waals surface area contributed by atoms with Gasteiger partial charge in [-0.2, -0.15) is 46.0 Å². The normalized spacial score (nSPS) is 5.60. The molecule has 0 heterocycles. The summed E-state index contributed by atoms with van der Waals surface area (Å²) in [6.45, 7) is 0. The van der Waals surface area contributed by atoms with Gasteiger partial charge in [0.2, 0.25) is 0 Å². The molecule has 10 heavy (non-hydrogen) atoms. The van der Waals surface area contributed by atoms with Gasteiger partial charge in [0.25, 0.3) is 0 Å². The summed E-state index contributed by atoms with van der Waals surface area (Å²) in [6, 6.07) is 12.5. The molecule has 0 unspecified atom stereocenters. The van der Waals surface area contributed by atoms with Crippen LogP contribution < -0.4 is 18.9 Å². The first kappa shape index (κ1) is 11.9. The summed E-state index contributed by atoms with van der Waals surface area (Å²) < 4.78 is 0. The van der Waals surface area contributed by atoms with Gasteiger partial charge in [-0.3, -0.25) is 0 Å². The number of hydrogen-bond acceptors (Lipinski definition) is 2. The molecule has 0 bridgehead atoms. The van der Waals surface area contributed by atoms with Gasteiger partial charge in [-0.1, -0.05) is 0 Å². The average Bonchev–Trinajstić information content (AvgIpc) is 1.93. The third kappa shape index (κ3) is 10.2. The summed E-state index contributed by atoms with van der Waals surface area (Å²) in [6.07, 6.45) is 0.250. The van der Waals surface area contributed by atoms with E-state index in [0.717, 1.165) is 0 Å². The fraction of sp³-hybridized carbons (Fsp3) is 0. The molecule has 3 heteroatoms. The summed E-state index contributed by atoms with van der Waals surface area (Å²) in [5.41, 5.74) is 0. The number of rotatable bonds is 0. The van der Waals surface area contributed by atoms with Crippen molar-refractivity contribution in [1.82, 2.24) is 0 Å². The molecule has 0 aliphatic rings. The molecule has 0 spiro atoms. The van der Waals surface area contributed by atoms with Crippen molar-refractivity contribution < 1.29 is 28.4 Å². The second-order valence-corrected chi connectivity index (χ2v) is 1.16. The van der Waals surface area contributed by atoms with Gasteiger partial charge in [-0.25, -0.2) is 0 Å². The van der Waals surface area contributed by atoms with Gasteiger partial charge in [0.15, 0.2) is 0 Å². The van der Waals surface area contributed by atoms with Crippen molar-refractivity contribution in [2.75, 3.05) is 0 Å².